The van der Waals surface area contributed by atoms with Gasteiger partial charge in [0.1, 0.15) is 11.6 Å². The SMILES string of the molecule is Cc1nc(-c2ccccc2)ccc1C(=O)Nc1ccc(F)c(NC(=O)c2ccoc2C)c1. The Balaban J connectivity index is 1.52. The minimum absolute atomic E-state index is 0.0531. The summed E-state index contributed by atoms with van der Waals surface area (Å²) in [5.41, 5.74) is 3.27. The molecule has 6 nitrogen and oxygen atoms in total. The normalized spacial score (nSPS) is 10.6. The largest absolute Gasteiger partial charge is 0.469 e. The van der Waals surface area contributed by atoms with Gasteiger partial charge >= 0.3 is 0 Å². The van der Waals surface area contributed by atoms with Gasteiger partial charge in [-0.1, -0.05) is 30.3 Å². The van der Waals surface area contributed by atoms with Crippen molar-refractivity contribution < 1.29 is 18.4 Å². The number of pyridine rings is 1. The molecule has 4 rings (SSSR count). The zero-order valence-electron chi connectivity index (χ0n) is 17.5. The molecule has 0 radical (unpaired) electrons. The number of rotatable bonds is 5. The second kappa shape index (κ2) is 8.85. The van der Waals surface area contributed by atoms with Crippen molar-refractivity contribution in [2.24, 2.45) is 0 Å². The van der Waals surface area contributed by atoms with Gasteiger partial charge in [-0.2, -0.15) is 0 Å². The molecule has 0 saturated heterocycles. The molecule has 2 aromatic carbocycles. The van der Waals surface area contributed by atoms with Gasteiger partial charge in [0, 0.05) is 11.3 Å². The maximum absolute atomic E-state index is 14.2. The fourth-order valence-corrected chi connectivity index (χ4v) is 3.28. The van der Waals surface area contributed by atoms with Gasteiger partial charge in [0.15, 0.2) is 0 Å². The Hall–Kier alpha value is -4.26. The first kappa shape index (κ1) is 21.0. The molecule has 2 aromatic heterocycles. The lowest BCUT2D eigenvalue weighted by Gasteiger charge is -2.11. The summed E-state index contributed by atoms with van der Waals surface area (Å²) < 4.78 is 19.4. The first-order valence-electron chi connectivity index (χ1n) is 9.92. The van der Waals surface area contributed by atoms with Crippen molar-refractivity contribution in [3.8, 4) is 11.3 Å². The number of benzene rings is 2. The van der Waals surface area contributed by atoms with Crippen molar-refractivity contribution in [1.82, 2.24) is 4.98 Å². The number of furan rings is 1. The van der Waals surface area contributed by atoms with Gasteiger partial charge in [-0.25, -0.2) is 4.39 Å². The van der Waals surface area contributed by atoms with Gasteiger partial charge in [-0.3, -0.25) is 14.6 Å². The third-order valence-electron chi connectivity index (χ3n) is 4.98. The number of aromatic nitrogens is 1. The molecular formula is C25H20FN3O3. The Morgan fingerprint density at radius 1 is 0.875 bits per heavy atom. The minimum atomic E-state index is -0.623. The van der Waals surface area contributed by atoms with Crippen LogP contribution in [0.2, 0.25) is 0 Å². The smallest absolute Gasteiger partial charge is 0.259 e. The van der Waals surface area contributed by atoms with Crippen LogP contribution >= 0.6 is 0 Å². The number of anilines is 2. The highest BCUT2D eigenvalue weighted by atomic mass is 19.1. The number of hydrogen-bond acceptors (Lipinski definition) is 4. The van der Waals surface area contributed by atoms with Crippen molar-refractivity contribution in [3.05, 3.63) is 101 Å². The van der Waals surface area contributed by atoms with Crippen LogP contribution in [0.3, 0.4) is 0 Å². The first-order chi connectivity index (χ1) is 15.4. The number of halogens is 1. The van der Waals surface area contributed by atoms with E-state index in [0.29, 0.717) is 28.3 Å². The lowest BCUT2D eigenvalue weighted by molar-refractivity contribution is 0.101. The summed E-state index contributed by atoms with van der Waals surface area (Å²) in [7, 11) is 0. The summed E-state index contributed by atoms with van der Waals surface area (Å²) in [4.78, 5) is 29.7. The quantitative estimate of drug-likeness (QED) is 0.432. The van der Waals surface area contributed by atoms with Crippen LogP contribution in [0.4, 0.5) is 15.8 Å². The molecule has 0 aliphatic heterocycles. The van der Waals surface area contributed by atoms with Gasteiger partial charge in [0.05, 0.1) is 34.5 Å². The number of amides is 2. The van der Waals surface area contributed by atoms with Crippen molar-refractivity contribution in [2.45, 2.75) is 13.8 Å². The van der Waals surface area contributed by atoms with Gasteiger partial charge in [-0.05, 0) is 50.2 Å². The van der Waals surface area contributed by atoms with Crippen LogP contribution in [0.25, 0.3) is 11.3 Å². The highest BCUT2D eigenvalue weighted by molar-refractivity contribution is 6.07. The van der Waals surface area contributed by atoms with E-state index in [1.54, 1.807) is 26.0 Å². The van der Waals surface area contributed by atoms with E-state index < -0.39 is 11.7 Å². The third kappa shape index (κ3) is 4.41. The second-order valence-corrected chi connectivity index (χ2v) is 7.19. The first-order valence-corrected chi connectivity index (χ1v) is 9.92. The summed E-state index contributed by atoms with van der Waals surface area (Å²) in [5, 5.41) is 5.24. The van der Waals surface area contributed by atoms with Gasteiger partial charge in [-0.15, -0.1) is 0 Å². The molecular weight excluding hydrogens is 409 g/mol. The zero-order chi connectivity index (χ0) is 22.7. The molecule has 2 heterocycles. The van der Waals surface area contributed by atoms with E-state index in [2.05, 4.69) is 15.6 Å². The molecule has 0 bridgehead atoms. The van der Waals surface area contributed by atoms with Crippen molar-refractivity contribution >= 4 is 23.2 Å². The highest BCUT2D eigenvalue weighted by Gasteiger charge is 2.16. The van der Waals surface area contributed by atoms with Crippen LogP contribution in [-0.4, -0.2) is 16.8 Å². The van der Waals surface area contributed by atoms with Gasteiger partial charge in [0.25, 0.3) is 11.8 Å². The fourth-order valence-electron chi connectivity index (χ4n) is 3.28. The average Bonchev–Trinajstić information content (AvgIpc) is 3.22. The number of carbonyl (C=O) groups is 2. The molecule has 2 N–H and O–H groups in total. The van der Waals surface area contributed by atoms with Crippen LogP contribution in [0.1, 0.15) is 32.2 Å². The van der Waals surface area contributed by atoms with Crippen LogP contribution in [-0.2, 0) is 0 Å². The maximum atomic E-state index is 14.2. The summed E-state index contributed by atoms with van der Waals surface area (Å²) in [6.45, 7) is 3.40. The van der Waals surface area contributed by atoms with E-state index >= 15 is 0 Å². The Morgan fingerprint density at radius 2 is 1.62 bits per heavy atom. The highest BCUT2D eigenvalue weighted by Crippen LogP contribution is 2.23. The molecule has 0 spiro atoms. The molecule has 0 aliphatic carbocycles. The van der Waals surface area contributed by atoms with E-state index in [9.17, 15) is 14.0 Å². The molecule has 0 atom stereocenters. The minimum Gasteiger partial charge on any atom is -0.469 e. The number of nitrogens with zero attached hydrogens (tertiary/aromatic N) is 1. The Morgan fingerprint density at radius 3 is 2.31 bits per heavy atom. The summed E-state index contributed by atoms with van der Waals surface area (Å²) in [6, 6.07) is 18.6. The van der Waals surface area contributed by atoms with E-state index in [-0.39, 0.29) is 11.6 Å². The zero-order valence-corrected chi connectivity index (χ0v) is 17.5. The van der Waals surface area contributed by atoms with Crippen LogP contribution < -0.4 is 10.6 Å². The number of hydrogen-bond donors (Lipinski definition) is 2. The predicted octanol–water partition coefficient (Wildman–Crippen LogP) is 5.60. The number of aryl methyl sites for hydroxylation is 2. The van der Waals surface area contributed by atoms with Crippen LogP contribution in [0.5, 0.6) is 0 Å². The molecule has 0 saturated carbocycles. The van der Waals surface area contributed by atoms with Crippen LogP contribution in [0, 0.1) is 19.7 Å². The fraction of sp³-hybridized carbons (Fsp3) is 0.0800. The number of nitrogens with one attached hydrogen (secondary N) is 2. The molecule has 7 heteroatoms. The van der Waals surface area contributed by atoms with E-state index in [1.807, 2.05) is 30.3 Å². The molecule has 160 valence electrons. The van der Waals surface area contributed by atoms with Crippen molar-refractivity contribution in [1.29, 1.82) is 0 Å². The molecule has 0 unspecified atom stereocenters. The maximum Gasteiger partial charge on any atom is 0.259 e. The summed E-state index contributed by atoms with van der Waals surface area (Å²) in [5.74, 6) is -1.09. The Labute approximate surface area is 184 Å². The Bertz CT molecular complexity index is 1300. The standard InChI is InChI=1S/C25H20FN3O3/c1-15-19(9-11-22(27-15)17-6-4-3-5-7-17)24(30)28-18-8-10-21(26)23(14-18)29-25(31)20-12-13-32-16(20)2/h3-14H,1-2H3,(H,28,30)(H,29,31). The third-order valence-corrected chi connectivity index (χ3v) is 4.98. The molecule has 0 fully saturated rings. The molecule has 2 amide bonds. The molecule has 32 heavy (non-hydrogen) atoms. The topological polar surface area (TPSA) is 84.2 Å². The second-order valence-electron chi connectivity index (χ2n) is 7.19. The predicted molar refractivity (Wildman–Crippen MR) is 120 cm³/mol. The molecule has 0 aliphatic rings. The number of carbonyl (C=O) groups excluding carboxylic acids is 2. The van der Waals surface area contributed by atoms with E-state index in [0.717, 1.165) is 11.3 Å². The molecule has 4 aromatic rings. The van der Waals surface area contributed by atoms with Gasteiger partial charge < -0.3 is 15.1 Å². The van der Waals surface area contributed by atoms with E-state index in [4.69, 9.17) is 4.42 Å². The lowest BCUT2D eigenvalue weighted by Crippen LogP contribution is -2.16. The lowest BCUT2D eigenvalue weighted by atomic mass is 10.1. The van der Waals surface area contributed by atoms with Gasteiger partial charge in [0.2, 0.25) is 0 Å². The van der Waals surface area contributed by atoms with Crippen LogP contribution in [0.15, 0.2) is 77.4 Å². The van der Waals surface area contributed by atoms with Crippen molar-refractivity contribution in [3.63, 3.8) is 0 Å². The van der Waals surface area contributed by atoms with Crippen molar-refractivity contribution in [2.75, 3.05) is 10.6 Å². The average molecular weight is 429 g/mol. The van der Waals surface area contributed by atoms with E-state index in [1.165, 1.54) is 30.5 Å². The monoisotopic (exact) mass is 429 g/mol. The summed E-state index contributed by atoms with van der Waals surface area (Å²) in [6.07, 6.45) is 1.39. The summed E-state index contributed by atoms with van der Waals surface area (Å²) >= 11 is 0. The Kier molecular flexibility index (Phi) is 5.81.